The van der Waals surface area contributed by atoms with Gasteiger partial charge in [-0.2, -0.15) is 0 Å². The number of ether oxygens (including phenoxy) is 1. The van der Waals surface area contributed by atoms with Gasteiger partial charge >= 0.3 is 6.01 Å². The Kier molecular flexibility index (Phi) is 5.73. The monoisotopic (exact) mass is 399 g/mol. The first-order chi connectivity index (χ1) is 14.1. The lowest BCUT2D eigenvalue weighted by atomic mass is 9.96. The molecule has 0 saturated carbocycles. The van der Waals surface area contributed by atoms with Crippen LogP contribution in [0.2, 0.25) is 0 Å². The summed E-state index contributed by atoms with van der Waals surface area (Å²) in [4.78, 5) is 40.8. The van der Waals surface area contributed by atoms with Crippen molar-refractivity contribution in [2.45, 2.75) is 26.2 Å². The molecule has 2 amide bonds. The molecule has 1 unspecified atom stereocenters. The van der Waals surface area contributed by atoms with Crippen molar-refractivity contribution < 1.29 is 18.7 Å². The van der Waals surface area contributed by atoms with Crippen molar-refractivity contribution in [1.82, 2.24) is 24.8 Å². The Labute approximate surface area is 169 Å². The lowest BCUT2D eigenvalue weighted by Crippen LogP contribution is -2.42. The first-order valence-electron chi connectivity index (χ1n) is 9.97. The van der Waals surface area contributed by atoms with Gasteiger partial charge in [0.25, 0.3) is 5.91 Å². The van der Waals surface area contributed by atoms with Crippen LogP contribution in [0.5, 0.6) is 6.01 Å². The predicted octanol–water partition coefficient (Wildman–Crippen LogP) is 1.55. The van der Waals surface area contributed by atoms with E-state index in [4.69, 9.17) is 9.15 Å². The van der Waals surface area contributed by atoms with Crippen LogP contribution in [0.4, 0.5) is 0 Å². The highest BCUT2D eigenvalue weighted by molar-refractivity contribution is 5.92. The summed E-state index contributed by atoms with van der Waals surface area (Å²) in [5, 5.41) is 0. The molecule has 0 radical (unpaired) electrons. The number of rotatable bonds is 6. The Morgan fingerprint density at radius 3 is 2.69 bits per heavy atom. The number of carbonyl (C=O) groups excluding carboxylic acids is 2. The number of hydrogen-bond acceptors (Lipinski definition) is 7. The molecule has 0 spiro atoms. The molecule has 2 aliphatic heterocycles. The maximum Gasteiger partial charge on any atom is 0.316 e. The number of hydrogen-bond donors (Lipinski definition) is 0. The van der Waals surface area contributed by atoms with Gasteiger partial charge in [-0.25, -0.2) is 15.0 Å². The molecule has 4 rings (SSSR count). The fourth-order valence-corrected chi connectivity index (χ4v) is 3.95. The molecule has 4 heterocycles. The summed E-state index contributed by atoms with van der Waals surface area (Å²) in [5.41, 5.74) is 0.362. The van der Waals surface area contributed by atoms with Crippen molar-refractivity contribution in [1.29, 1.82) is 0 Å². The molecule has 0 aliphatic carbocycles. The number of carbonyl (C=O) groups is 2. The van der Waals surface area contributed by atoms with Crippen LogP contribution in [0.15, 0.2) is 29.1 Å². The maximum atomic E-state index is 12.5. The Hall–Kier alpha value is -2.97. The highest BCUT2D eigenvalue weighted by Crippen LogP contribution is 2.25. The third-order valence-electron chi connectivity index (χ3n) is 5.50. The van der Waals surface area contributed by atoms with Crippen molar-refractivity contribution >= 4 is 11.8 Å². The Bertz CT molecular complexity index is 848. The van der Waals surface area contributed by atoms with Gasteiger partial charge in [0.2, 0.25) is 5.91 Å². The number of amides is 2. The number of oxazole rings is 1. The molecule has 2 aromatic rings. The van der Waals surface area contributed by atoms with Crippen molar-refractivity contribution in [2.75, 3.05) is 32.8 Å². The SMILES string of the molecule is Cc1nc(C(=O)N2CCC(CN3CC(COc4ncccn4)CC3=O)CC2)co1. The van der Waals surface area contributed by atoms with Crippen LogP contribution in [0.25, 0.3) is 0 Å². The average Bonchev–Trinajstić information content (AvgIpc) is 3.33. The molecule has 2 aliphatic rings. The molecule has 2 aromatic heterocycles. The molecule has 154 valence electrons. The van der Waals surface area contributed by atoms with Gasteiger partial charge in [0.15, 0.2) is 11.6 Å². The lowest BCUT2D eigenvalue weighted by molar-refractivity contribution is -0.128. The van der Waals surface area contributed by atoms with Crippen LogP contribution in [0, 0.1) is 18.8 Å². The summed E-state index contributed by atoms with van der Waals surface area (Å²) in [7, 11) is 0. The fraction of sp³-hybridized carbons (Fsp3) is 0.550. The van der Waals surface area contributed by atoms with Crippen molar-refractivity contribution in [3.63, 3.8) is 0 Å². The quantitative estimate of drug-likeness (QED) is 0.726. The number of nitrogens with zero attached hydrogens (tertiary/aromatic N) is 5. The van der Waals surface area contributed by atoms with Gasteiger partial charge in [0.1, 0.15) is 6.26 Å². The molecule has 2 saturated heterocycles. The number of piperidine rings is 1. The second-order valence-corrected chi connectivity index (χ2v) is 7.70. The van der Waals surface area contributed by atoms with E-state index >= 15 is 0 Å². The van der Waals surface area contributed by atoms with E-state index in [0.717, 1.165) is 19.4 Å². The summed E-state index contributed by atoms with van der Waals surface area (Å²) in [5.74, 6) is 1.14. The molecule has 29 heavy (non-hydrogen) atoms. The molecule has 0 bridgehead atoms. The largest absolute Gasteiger partial charge is 0.463 e. The van der Waals surface area contributed by atoms with Gasteiger partial charge in [-0.15, -0.1) is 0 Å². The third-order valence-corrected chi connectivity index (χ3v) is 5.50. The number of aryl methyl sites for hydroxylation is 1. The van der Waals surface area contributed by atoms with Gasteiger partial charge in [0, 0.05) is 57.8 Å². The fourth-order valence-electron chi connectivity index (χ4n) is 3.95. The zero-order chi connectivity index (χ0) is 20.2. The van der Waals surface area contributed by atoms with E-state index in [9.17, 15) is 9.59 Å². The minimum Gasteiger partial charge on any atom is -0.463 e. The lowest BCUT2D eigenvalue weighted by Gasteiger charge is -2.33. The van der Waals surface area contributed by atoms with Gasteiger partial charge < -0.3 is 19.0 Å². The highest BCUT2D eigenvalue weighted by Gasteiger charge is 2.33. The summed E-state index contributed by atoms with van der Waals surface area (Å²) < 4.78 is 10.7. The molecule has 9 heteroatoms. The molecular weight excluding hydrogens is 374 g/mol. The summed E-state index contributed by atoms with van der Waals surface area (Å²) in [6.07, 6.45) is 6.94. The normalized spacial score (nSPS) is 20.3. The van der Waals surface area contributed by atoms with Crippen molar-refractivity contribution in [3.05, 3.63) is 36.3 Å². The predicted molar refractivity (Wildman–Crippen MR) is 102 cm³/mol. The van der Waals surface area contributed by atoms with Crippen molar-refractivity contribution in [3.8, 4) is 6.01 Å². The second-order valence-electron chi connectivity index (χ2n) is 7.70. The average molecular weight is 399 g/mol. The summed E-state index contributed by atoms with van der Waals surface area (Å²) in [6, 6.07) is 2.08. The Morgan fingerprint density at radius 2 is 2.00 bits per heavy atom. The second kappa shape index (κ2) is 8.59. The van der Waals surface area contributed by atoms with Crippen LogP contribution in [-0.2, 0) is 4.79 Å². The van der Waals surface area contributed by atoms with E-state index < -0.39 is 0 Å². The zero-order valence-corrected chi connectivity index (χ0v) is 16.5. The van der Waals surface area contributed by atoms with Gasteiger partial charge in [-0.3, -0.25) is 9.59 Å². The van der Waals surface area contributed by atoms with Crippen LogP contribution in [0.1, 0.15) is 35.6 Å². The van der Waals surface area contributed by atoms with Crippen LogP contribution in [-0.4, -0.2) is 69.4 Å². The van der Waals surface area contributed by atoms with Crippen LogP contribution in [0.3, 0.4) is 0 Å². The number of likely N-dealkylation sites (tertiary alicyclic amines) is 2. The standard InChI is InChI=1S/C20H25N5O4/c1-14-23-17(13-28-14)19(27)24-7-3-15(4-8-24)10-25-11-16(9-18(25)26)12-29-20-21-5-2-6-22-20/h2,5-6,13,15-16H,3-4,7-12H2,1H3. The molecule has 1 atom stereocenters. The van der Waals surface area contributed by atoms with Gasteiger partial charge in [0.05, 0.1) is 6.61 Å². The topological polar surface area (TPSA) is 102 Å². The first kappa shape index (κ1) is 19.4. The van der Waals surface area contributed by atoms with Crippen molar-refractivity contribution in [2.24, 2.45) is 11.8 Å². The third kappa shape index (κ3) is 4.72. The van der Waals surface area contributed by atoms with Gasteiger partial charge in [-0.05, 0) is 24.8 Å². The molecule has 9 nitrogen and oxygen atoms in total. The minimum atomic E-state index is -0.0853. The zero-order valence-electron chi connectivity index (χ0n) is 16.5. The first-order valence-corrected chi connectivity index (χ1v) is 9.97. The highest BCUT2D eigenvalue weighted by atomic mass is 16.5. The van der Waals surface area contributed by atoms with E-state index in [-0.39, 0.29) is 17.7 Å². The van der Waals surface area contributed by atoms with E-state index in [1.165, 1.54) is 6.26 Å². The maximum absolute atomic E-state index is 12.5. The molecular formula is C20H25N5O4. The smallest absolute Gasteiger partial charge is 0.316 e. The Morgan fingerprint density at radius 1 is 1.24 bits per heavy atom. The van der Waals surface area contributed by atoms with E-state index in [1.54, 1.807) is 25.4 Å². The molecule has 0 N–H and O–H groups in total. The number of aromatic nitrogens is 3. The molecule has 2 fully saturated rings. The Balaban J connectivity index is 1.22. The van der Waals surface area contributed by atoms with E-state index in [1.807, 2.05) is 9.80 Å². The van der Waals surface area contributed by atoms with E-state index in [0.29, 0.717) is 56.2 Å². The van der Waals surface area contributed by atoms with Gasteiger partial charge in [-0.1, -0.05) is 0 Å². The van der Waals surface area contributed by atoms with E-state index in [2.05, 4.69) is 15.0 Å². The van der Waals surface area contributed by atoms with Crippen LogP contribution >= 0.6 is 0 Å². The summed E-state index contributed by atoms with van der Waals surface area (Å²) in [6.45, 7) is 4.95. The molecule has 0 aromatic carbocycles. The summed E-state index contributed by atoms with van der Waals surface area (Å²) >= 11 is 0. The van der Waals surface area contributed by atoms with Crippen LogP contribution < -0.4 is 4.74 Å². The minimum absolute atomic E-state index is 0.0853.